The standard InChI is InChI=1S/C27H30N4O3S/c1-5-20(6-2)26-30-31-24(28)23(25(32)29-27(31)35-26)16-19-8-11-21(12-9-19)33-13-14-34-22-10-7-17(3)18(4)15-22/h7-12,15-16,20,28H,5-6,13-14H2,1-4H3/b23-16-,28-24?. The monoisotopic (exact) mass is 490 g/mol. The molecule has 0 saturated heterocycles. The Morgan fingerprint density at radius 1 is 1.00 bits per heavy atom. The molecule has 2 aromatic carbocycles. The number of carbonyl (C=O) groups is 1. The highest BCUT2D eigenvalue weighted by atomic mass is 32.2. The minimum atomic E-state index is -0.418. The molecule has 7 nitrogen and oxygen atoms in total. The van der Waals surface area contributed by atoms with E-state index in [0.717, 1.165) is 29.2 Å². The lowest BCUT2D eigenvalue weighted by Gasteiger charge is -2.20. The van der Waals surface area contributed by atoms with Crippen LogP contribution in [0.25, 0.3) is 6.08 Å². The molecule has 2 aliphatic heterocycles. The smallest absolute Gasteiger partial charge is 0.283 e. The van der Waals surface area contributed by atoms with E-state index in [-0.39, 0.29) is 11.4 Å². The second-order valence-electron chi connectivity index (χ2n) is 8.48. The quantitative estimate of drug-likeness (QED) is 0.354. The molecule has 0 saturated carbocycles. The van der Waals surface area contributed by atoms with Gasteiger partial charge in [-0.25, -0.2) is 0 Å². The highest BCUT2D eigenvalue weighted by Gasteiger charge is 2.37. The lowest BCUT2D eigenvalue weighted by molar-refractivity contribution is -0.114. The summed E-state index contributed by atoms with van der Waals surface area (Å²) in [5, 5.41) is 16.0. The van der Waals surface area contributed by atoms with Gasteiger partial charge in [0.15, 0.2) is 5.84 Å². The average molecular weight is 491 g/mol. The summed E-state index contributed by atoms with van der Waals surface area (Å²) in [7, 11) is 0. The van der Waals surface area contributed by atoms with Crippen LogP contribution in [0.2, 0.25) is 0 Å². The van der Waals surface area contributed by atoms with Gasteiger partial charge < -0.3 is 9.47 Å². The minimum absolute atomic E-state index is 0.0530. The molecule has 0 bridgehead atoms. The van der Waals surface area contributed by atoms with E-state index in [1.165, 1.54) is 27.9 Å². The van der Waals surface area contributed by atoms with Crippen LogP contribution in [0.5, 0.6) is 11.5 Å². The van der Waals surface area contributed by atoms with E-state index >= 15 is 0 Å². The molecule has 0 spiro atoms. The van der Waals surface area contributed by atoms with Crippen molar-refractivity contribution in [2.24, 2.45) is 16.0 Å². The number of fused-ring (bicyclic) bond motifs is 1. The molecule has 0 atom stereocenters. The molecule has 8 heteroatoms. The highest BCUT2D eigenvalue weighted by Crippen LogP contribution is 2.33. The van der Waals surface area contributed by atoms with Gasteiger partial charge in [0.25, 0.3) is 5.91 Å². The second kappa shape index (κ2) is 10.9. The predicted molar refractivity (Wildman–Crippen MR) is 142 cm³/mol. The normalized spacial score (nSPS) is 16.5. The molecule has 182 valence electrons. The van der Waals surface area contributed by atoms with Crippen molar-refractivity contribution in [3.8, 4) is 11.5 Å². The molecule has 1 amide bonds. The van der Waals surface area contributed by atoms with E-state index < -0.39 is 5.91 Å². The molecule has 0 aliphatic carbocycles. The Hall–Kier alpha value is -3.39. The van der Waals surface area contributed by atoms with Crippen LogP contribution >= 0.6 is 11.8 Å². The predicted octanol–water partition coefficient (Wildman–Crippen LogP) is 5.82. The molecule has 0 aromatic heterocycles. The first-order valence-corrected chi connectivity index (χ1v) is 12.6. The van der Waals surface area contributed by atoms with Gasteiger partial charge in [-0.3, -0.25) is 10.2 Å². The highest BCUT2D eigenvalue weighted by molar-refractivity contribution is 8.27. The number of aliphatic imine (C=N–C) groups is 1. The van der Waals surface area contributed by atoms with Gasteiger partial charge >= 0.3 is 0 Å². The molecule has 2 aromatic rings. The average Bonchev–Trinajstić information content (AvgIpc) is 3.27. The summed E-state index contributed by atoms with van der Waals surface area (Å²) < 4.78 is 11.5. The Labute approximate surface area is 210 Å². The van der Waals surface area contributed by atoms with E-state index in [0.29, 0.717) is 30.0 Å². The number of carbonyl (C=O) groups excluding carboxylic acids is 1. The number of amides is 1. The van der Waals surface area contributed by atoms with Gasteiger partial charge in [-0.15, -0.1) is 0 Å². The third-order valence-electron chi connectivity index (χ3n) is 6.10. The zero-order valence-electron chi connectivity index (χ0n) is 20.5. The van der Waals surface area contributed by atoms with Gasteiger partial charge in [0.1, 0.15) is 29.8 Å². The Balaban J connectivity index is 1.36. The number of hydrogen-bond donors (Lipinski definition) is 1. The lowest BCUT2D eigenvalue weighted by atomic mass is 10.1. The van der Waals surface area contributed by atoms with E-state index in [2.05, 4.69) is 37.8 Å². The molecule has 2 aliphatic rings. The first kappa shape index (κ1) is 24.7. The molecule has 35 heavy (non-hydrogen) atoms. The Morgan fingerprint density at radius 3 is 2.31 bits per heavy atom. The number of hydrazone groups is 1. The maximum absolute atomic E-state index is 12.6. The van der Waals surface area contributed by atoms with E-state index in [9.17, 15) is 4.79 Å². The van der Waals surface area contributed by atoms with Crippen molar-refractivity contribution in [3.63, 3.8) is 0 Å². The van der Waals surface area contributed by atoms with Crippen molar-refractivity contribution >= 4 is 39.8 Å². The molecular formula is C27H30N4O3S. The largest absolute Gasteiger partial charge is 0.490 e. The summed E-state index contributed by atoms with van der Waals surface area (Å²) in [6, 6.07) is 13.4. The van der Waals surface area contributed by atoms with Gasteiger partial charge in [-0.2, -0.15) is 15.1 Å². The van der Waals surface area contributed by atoms with Crippen molar-refractivity contribution in [3.05, 3.63) is 64.7 Å². The zero-order chi connectivity index (χ0) is 24.9. The number of ether oxygens (including phenoxy) is 2. The van der Waals surface area contributed by atoms with Gasteiger partial charge in [0, 0.05) is 5.92 Å². The van der Waals surface area contributed by atoms with Gasteiger partial charge in [0.2, 0.25) is 5.17 Å². The lowest BCUT2D eigenvalue weighted by Crippen LogP contribution is -2.35. The summed E-state index contributed by atoms with van der Waals surface area (Å²) >= 11 is 1.39. The van der Waals surface area contributed by atoms with Gasteiger partial charge in [-0.05, 0) is 85.5 Å². The molecule has 4 rings (SSSR count). The maximum Gasteiger partial charge on any atom is 0.283 e. The summed E-state index contributed by atoms with van der Waals surface area (Å²) in [6.45, 7) is 9.22. The number of rotatable bonds is 9. The van der Waals surface area contributed by atoms with Crippen LogP contribution in [0.15, 0.2) is 58.1 Å². The van der Waals surface area contributed by atoms with E-state index in [4.69, 9.17) is 14.9 Å². The number of amidine groups is 2. The number of nitrogens with zero attached hydrogens (tertiary/aromatic N) is 3. The van der Waals surface area contributed by atoms with E-state index in [1.807, 2.05) is 42.5 Å². The molecule has 2 heterocycles. The number of nitrogens with one attached hydrogen (secondary N) is 1. The van der Waals surface area contributed by atoms with Crippen molar-refractivity contribution in [1.82, 2.24) is 5.01 Å². The van der Waals surface area contributed by atoms with Crippen LogP contribution in [-0.2, 0) is 4.79 Å². The number of benzene rings is 2. The Kier molecular flexibility index (Phi) is 7.70. The second-order valence-corrected chi connectivity index (χ2v) is 9.47. The van der Waals surface area contributed by atoms with Crippen LogP contribution in [0.3, 0.4) is 0 Å². The van der Waals surface area contributed by atoms with Gasteiger partial charge in [0.05, 0.1) is 5.57 Å². The van der Waals surface area contributed by atoms with Crippen molar-refractivity contribution in [2.75, 3.05) is 13.2 Å². The SMILES string of the molecule is CCC(CC)C1=NN2C(=N)/C(=C/c3ccc(OCCOc4ccc(C)c(C)c4)cc3)C(=O)N=C2S1. The molecule has 0 radical (unpaired) electrons. The first-order valence-electron chi connectivity index (χ1n) is 11.8. The zero-order valence-corrected chi connectivity index (χ0v) is 21.3. The Bertz CT molecular complexity index is 1210. The number of aryl methyl sites for hydroxylation is 2. The number of thioether (sulfide) groups is 1. The molecule has 0 unspecified atom stereocenters. The fourth-order valence-corrected chi connectivity index (χ4v) is 4.92. The molecular weight excluding hydrogens is 460 g/mol. The third kappa shape index (κ3) is 5.65. The van der Waals surface area contributed by atoms with Crippen LogP contribution in [0.1, 0.15) is 43.4 Å². The third-order valence-corrected chi connectivity index (χ3v) is 7.17. The topological polar surface area (TPSA) is 87.3 Å². The van der Waals surface area contributed by atoms with Crippen LogP contribution in [-0.4, -0.2) is 40.2 Å². The fraction of sp³-hybridized carbons (Fsp3) is 0.333. The summed E-state index contributed by atoms with van der Waals surface area (Å²) in [4.78, 5) is 16.8. The minimum Gasteiger partial charge on any atom is -0.490 e. The van der Waals surface area contributed by atoms with Gasteiger partial charge in [-0.1, -0.05) is 32.0 Å². The summed E-state index contributed by atoms with van der Waals surface area (Å²) in [5.74, 6) is 1.48. The summed E-state index contributed by atoms with van der Waals surface area (Å²) in [6.07, 6.45) is 3.59. The van der Waals surface area contributed by atoms with Crippen LogP contribution < -0.4 is 9.47 Å². The fourth-order valence-electron chi connectivity index (χ4n) is 3.76. The molecule has 1 N–H and O–H groups in total. The molecule has 0 fully saturated rings. The van der Waals surface area contributed by atoms with E-state index in [1.54, 1.807) is 6.08 Å². The Morgan fingerprint density at radius 2 is 1.66 bits per heavy atom. The summed E-state index contributed by atoms with van der Waals surface area (Å²) in [5.41, 5.74) is 3.44. The van der Waals surface area contributed by atoms with Crippen LogP contribution in [0.4, 0.5) is 0 Å². The first-order chi connectivity index (χ1) is 16.9. The maximum atomic E-state index is 12.6. The number of hydrogen-bond acceptors (Lipinski definition) is 6. The van der Waals surface area contributed by atoms with Crippen molar-refractivity contribution in [1.29, 1.82) is 5.41 Å². The van der Waals surface area contributed by atoms with Crippen molar-refractivity contribution < 1.29 is 14.3 Å². The van der Waals surface area contributed by atoms with Crippen LogP contribution in [0, 0.1) is 25.2 Å². The van der Waals surface area contributed by atoms with Crippen molar-refractivity contribution in [2.45, 2.75) is 40.5 Å².